The zero-order chi connectivity index (χ0) is 13.1. The highest BCUT2D eigenvalue weighted by atomic mass is 16.1. The molecule has 2 N–H and O–H groups in total. The third-order valence-corrected chi connectivity index (χ3v) is 3.59. The highest BCUT2D eigenvalue weighted by Crippen LogP contribution is 2.36. The van der Waals surface area contributed by atoms with Crippen LogP contribution in [0.15, 0.2) is 18.2 Å². The Hall–Kier alpha value is -1.51. The zero-order valence-corrected chi connectivity index (χ0v) is 11.4. The monoisotopic (exact) mass is 246 g/mol. The first-order chi connectivity index (χ1) is 8.61. The van der Waals surface area contributed by atoms with Gasteiger partial charge in [-0.1, -0.05) is 18.6 Å². The van der Waals surface area contributed by atoms with Gasteiger partial charge in [0.05, 0.1) is 5.56 Å². The van der Waals surface area contributed by atoms with E-state index in [2.05, 4.69) is 17.6 Å². The quantitative estimate of drug-likeness (QED) is 0.838. The predicted molar refractivity (Wildman–Crippen MR) is 74.9 cm³/mol. The maximum Gasteiger partial charge on any atom is 0.253 e. The van der Waals surface area contributed by atoms with Crippen LogP contribution < -0.4 is 10.6 Å². The van der Waals surface area contributed by atoms with E-state index in [0.717, 1.165) is 35.8 Å². The Morgan fingerprint density at radius 1 is 1.44 bits per heavy atom. The fourth-order valence-corrected chi connectivity index (χ4v) is 2.19. The molecule has 2 unspecified atom stereocenters. The third kappa shape index (κ3) is 3.03. The molecule has 0 heterocycles. The minimum Gasteiger partial charge on any atom is -0.385 e. The molecular formula is C15H22N2O. The van der Waals surface area contributed by atoms with Gasteiger partial charge in [-0.25, -0.2) is 0 Å². The molecule has 1 amide bonds. The lowest BCUT2D eigenvalue weighted by Crippen LogP contribution is -2.26. The maximum absolute atomic E-state index is 12.2. The number of nitrogens with one attached hydrogen (secondary N) is 2. The molecular weight excluding hydrogens is 224 g/mol. The fourth-order valence-electron chi connectivity index (χ4n) is 2.19. The van der Waals surface area contributed by atoms with Crippen LogP contribution >= 0.6 is 0 Å². The van der Waals surface area contributed by atoms with Gasteiger partial charge < -0.3 is 10.6 Å². The molecule has 0 radical (unpaired) electrons. The van der Waals surface area contributed by atoms with Crippen LogP contribution in [-0.2, 0) is 0 Å². The molecule has 98 valence electrons. The van der Waals surface area contributed by atoms with Gasteiger partial charge in [0, 0.05) is 18.8 Å². The van der Waals surface area contributed by atoms with Gasteiger partial charge in [0.1, 0.15) is 0 Å². The minimum atomic E-state index is 0.0359. The second-order valence-electron chi connectivity index (χ2n) is 5.26. The molecule has 0 aliphatic heterocycles. The normalized spacial score (nSPS) is 21.5. The van der Waals surface area contributed by atoms with Crippen molar-refractivity contribution < 1.29 is 4.79 Å². The second-order valence-corrected chi connectivity index (χ2v) is 5.26. The summed E-state index contributed by atoms with van der Waals surface area (Å²) >= 11 is 0. The maximum atomic E-state index is 12.2. The van der Waals surface area contributed by atoms with Crippen LogP contribution in [-0.4, -0.2) is 19.0 Å². The summed E-state index contributed by atoms with van der Waals surface area (Å²) in [4.78, 5) is 12.2. The molecule has 0 aromatic heterocycles. The van der Waals surface area contributed by atoms with Gasteiger partial charge in [0.2, 0.25) is 0 Å². The molecule has 1 fully saturated rings. The van der Waals surface area contributed by atoms with Gasteiger partial charge in [-0.3, -0.25) is 4.79 Å². The van der Waals surface area contributed by atoms with Gasteiger partial charge in [-0.2, -0.15) is 0 Å². The first-order valence-corrected chi connectivity index (χ1v) is 6.74. The number of hydrogen-bond donors (Lipinski definition) is 2. The lowest BCUT2D eigenvalue weighted by Gasteiger charge is -2.12. The van der Waals surface area contributed by atoms with Crippen molar-refractivity contribution in [3.63, 3.8) is 0 Å². The number of hydrogen-bond acceptors (Lipinski definition) is 2. The van der Waals surface area contributed by atoms with E-state index in [0.29, 0.717) is 5.92 Å². The molecule has 3 heteroatoms. The van der Waals surface area contributed by atoms with Crippen LogP contribution in [0.3, 0.4) is 0 Å². The van der Waals surface area contributed by atoms with E-state index in [-0.39, 0.29) is 5.91 Å². The summed E-state index contributed by atoms with van der Waals surface area (Å²) in [5, 5.41) is 6.27. The molecule has 1 aromatic carbocycles. The Bertz CT molecular complexity index is 442. The van der Waals surface area contributed by atoms with Crippen molar-refractivity contribution in [2.24, 2.45) is 11.8 Å². The van der Waals surface area contributed by atoms with E-state index in [4.69, 9.17) is 0 Å². The van der Waals surface area contributed by atoms with Crippen LogP contribution in [0.4, 0.5) is 5.69 Å². The molecule has 0 spiro atoms. The molecule has 0 saturated heterocycles. The average molecular weight is 246 g/mol. The van der Waals surface area contributed by atoms with Crippen LogP contribution in [0.25, 0.3) is 0 Å². The van der Waals surface area contributed by atoms with Crippen molar-refractivity contribution >= 4 is 11.6 Å². The van der Waals surface area contributed by atoms with Crippen LogP contribution in [0.5, 0.6) is 0 Å². The first kappa shape index (κ1) is 12.9. The fraction of sp³-hybridized carbons (Fsp3) is 0.533. The van der Waals surface area contributed by atoms with E-state index in [9.17, 15) is 4.79 Å². The Balaban J connectivity index is 2.04. The molecule has 1 aliphatic carbocycles. The van der Waals surface area contributed by atoms with Crippen molar-refractivity contribution in [1.82, 2.24) is 5.32 Å². The second kappa shape index (κ2) is 5.42. The average Bonchev–Trinajstić information content (AvgIpc) is 3.05. The van der Waals surface area contributed by atoms with Crippen LogP contribution in [0, 0.1) is 18.8 Å². The SMILES string of the molecule is CCNc1ccc(C)cc1C(=O)NCC1CC1C. The van der Waals surface area contributed by atoms with Gasteiger partial charge in [0.15, 0.2) is 0 Å². The van der Waals surface area contributed by atoms with E-state index < -0.39 is 0 Å². The van der Waals surface area contributed by atoms with Crippen LogP contribution in [0.2, 0.25) is 0 Å². The summed E-state index contributed by atoms with van der Waals surface area (Å²) in [7, 11) is 0. The minimum absolute atomic E-state index is 0.0359. The lowest BCUT2D eigenvalue weighted by atomic mass is 10.1. The summed E-state index contributed by atoms with van der Waals surface area (Å²) in [5.74, 6) is 1.49. The molecule has 18 heavy (non-hydrogen) atoms. The molecule has 1 aliphatic rings. The van der Waals surface area contributed by atoms with Gasteiger partial charge in [-0.15, -0.1) is 0 Å². The number of carbonyl (C=O) groups is 1. The van der Waals surface area contributed by atoms with E-state index in [1.54, 1.807) is 0 Å². The number of amides is 1. The van der Waals surface area contributed by atoms with Gasteiger partial charge in [-0.05, 0) is 44.2 Å². The highest BCUT2D eigenvalue weighted by molar-refractivity contribution is 5.99. The van der Waals surface area contributed by atoms with E-state index >= 15 is 0 Å². The third-order valence-electron chi connectivity index (χ3n) is 3.59. The van der Waals surface area contributed by atoms with Crippen molar-refractivity contribution in [3.05, 3.63) is 29.3 Å². The molecule has 1 aromatic rings. The van der Waals surface area contributed by atoms with Crippen molar-refractivity contribution in [2.75, 3.05) is 18.4 Å². The van der Waals surface area contributed by atoms with Crippen molar-refractivity contribution in [3.8, 4) is 0 Å². The summed E-state index contributed by atoms with van der Waals surface area (Å²) in [6, 6.07) is 5.95. The molecule has 3 nitrogen and oxygen atoms in total. The van der Waals surface area contributed by atoms with Gasteiger partial charge >= 0.3 is 0 Å². The van der Waals surface area contributed by atoms with Crippen LogP contribution in [0.1, 0.15) is 36.2 Å². The van der Waals surface area contributed by atoms with E-state index in [1.807, 2.05) is 32.0 Å². The van der Waals surface area contributed by atoms with Crippen molar-refractivity contribution in [2.45, 2.75) is 27.2 Å². The lowest BCUT2D eigenvalue weighted by molar-refractivity contribution is 0.0952. The van der Waals surface area contributed by atoms with Gasteiger partial charge in [0.25, 0.3) is 5.91 Å². The number of carbonyl (C=O) groups excluding carboxylic acids is 1. The number of anilines is 1. The Kier molecular flexibility index (Phi) is 3.90. The Labute approximate surface area is 109 Å². The zero-order valence-electron chi connectivity index (χ0n) is 11.4. The number of aryl methyl sites for hydroxylation is 1. The summed E-state index contributed by atoms with van der Waals surface area (Å²) in [5.41, 5.74) is 2.79. The first-order valence-electron chi connectivity index (χ1n) is 6.74. The molecule has 1 saturated carbocycles. The number of benzene rings is 1. The van der Waals surface area contributed by atoms with Crippen molar-refractivity contribution in [1.29, 1.82) is 0 Å². The predicted octanol–water partition coefficient (Wildman–Crippen LogP) is 2.81. The topological polar surface area (TPSA) is 41.1 Å². The molecule has 0 bridgehead atoms. The van der Waals surface area contributed by atoms with E-state index in [1.165, 1.54) is 6.42 Å². The number of rotatable bonds is 5. The summed E-state index contributed by atoms with van der Waals surface area (Å²) in [6.45, 7) is 7.90. The highest BCUT2D eigenvalue weighted by Gasteiger charge is 2.32. The Morgan fingerprint density at radius 3 is 2.78 bits per heavy atom. The smallest absolute Gasteiger partial charge is 0.253 e. The largest absolute Gasteiger partial charge is 0.385 e. The Morgan fingerprint density at radius 2 is 2.17 bits per heavy atom. The summed E-state index contributed by atoms with van der Waals surface area (Å²) < 4.78 is 0. The molecule has 2 rings (SSSR count). The standard InChI is InChI=1S/C15H22N2O/c1-4-16-14-6-5-10(2)7-13(14)15(18)17-9-12-8-11(12)3/h5-7,11-12,16H,4,8-9H2,1-3H3,(H,17,18). The molecule has 2 atom stereocenters. The summed E-state index contributed by atoms with van der Waals surface area (Å²) in [6.07, 6.45) is 1.24.